The van der Waals surface area contributed by atoms with Crippen LogP contribution in [-0.2, 0) is 37.2 Å². The number of hydrogen-bond donors (Lipinski definition) is 2. The Morgan fingerprint density at radius 1 is 1.03 bits per heavy atom. The molecular formula is C24H37N7O. The number of hydrogen-bond acceptors (Lipinski definition) is 5. The number of nitrogens with zero attached hydrogens (tertiary/aromatic N) is 5. The van der Waals surface area contributed by atoms with Crippen molar-refractivity contribution in [2.24, 2.45) is 4.99 Å². The average Bonchev–Trinajstić information content (AvgIpc) is 3.04. The lowest BCUT2D eigenvalue weighted by Gasteiger charge is -2.27. The molecule has 1 aromatic carbocycles. The molecule has 1 aromatic heterocycles. The SMILES string of the molecule is CCNC(=NCc1ccccc1CN1CCOCC1)NCCc1nnc2n1CCCCC2. The lowest BCUT2D eigenvalue weighted by atomic mass is 10.1. The predicted molar refractivity (Wildman–Crippen MR) is 127 cm³/mol. The van der Waals surface area contributed by atoms with Gasteiger partial charge in [-0.3, -0.25) is 4.90 Å². The quantitative estimate of drug-likeness (QED) is 0.485. The van der Waals surface area contributed by atoms with Crippen molar-refractivity contribution >= 4 is 5.96 Å². The molecule has 0 unspecified atom stereocenters. The zero-order chi connectivity index (χ0) is 22.0. The molecule has 0 saturated carbocycles. The molecule has 0 bridgehead atoms. The van der Waals surface area contributed by atoms with E-state index in [-0.39, 0.29) is 0 Å². The summed E-state index contributed by atoms with van der Waals surface area (Å²) >= 11 is 0. The van der Waals surface area contributed by atoms with Crippen molar-refractivity contribution in [2.45, 2.75) is 58.7 Å². The van der Waals surface area contributed by atoms with Gasteiger partial charge < -0.3 is 19.9 Å². The molecule has 32 heavy (non-hydrogen) atoms. The van der Waals surface area contributed by atoms with Gasteiger partial charge in [0.05, 0.1) is 19.8 Å². The minimum atomic E-state index is 0.663. The first-order valence-electron chi connectivity index (χ1n) is 12.1. The molecule has 8 heteroatoms. The third-order valence-electron chi connectivity index (χ3n) is 6.19. The van der Waals surface area contributed by atoms with Crippen LogP contribution in [0.15, 0.2) is 29.3 Å². The van der Waals surface area contributed by atoms with E-state index < -0.39 is 0 Å². The van der Waals surface area contributed by atoms with Crippen molar-refractivity contribution in [3.63, 3.8) is 0 Å². The van der Waals surface area contributed by atoms with E-state index in [0.717, 1.165) is 82.9 Å². The number of benzene rings is 1. The van der Waals surface area contributed by atoms with Gasteiger partial charge in [-0.05, 0) is 30.9 Å². The largest absolute Gasteiger partial charge is 0.379 e. The fourth-order valence-corrected chi connectivity index (χ4v) is 4.40. The van der Waals surface area contributed by atoms with E-state index in [1.807, 2.05) is 0 Å². The van der Waals surface area contributed by atoms with Crippen LogP contribution in [0.1, 0.15) is 49.0 Å². The van der Waals surface area contributed by atoms with Gasteiger partial charge in [0, 0.05) is 52.1 Å². The summed E-state index contributed by atoms with van der Waals surface area (Å²) in [5, 5.41) is 15.7. The highest BCUT2D eigenvalue weighted by Crippen LogP contribution is 2.15. The molecule has 0 aliphatic carbocycles. The molecule has 2 aliphatic heterocycles. The van der Waals surface area contributed by atoms with Crippen molar-refractivity contribution in [3.8, 4) is 0 Å². The van der Waals surface area contributed by atoms with Crippen LogP contribution in [0.5, 0.6) is 0 Å². The number of nitrogens with one attached hydrogen (secondary N) is 2. The van der Waals surface area contributed by atoms with Crippen molar-refractivity contribution < 1.29 is 4.74 Å². The van der Waals surface area contributed by atoms with Crippen LogP contribution in [0.2, 0.25) is 0 Å². The van der Waals surface area contributed by atoms with Gasteiger partial charge in [-0.1, -0.05) is 30.7 Å². The molecule has 2 N–H and O–H groups in total. The third kappa shape index (κ3) is 6.29. The van der Waals surface area contributed by atoms with Crippen molar-refractivity contribution in [3.05, 3.63) is 47.0 Å². The van der Waals surface area contributed by atoms with E-state index in [1.165, 1.54) is 30.4 Å². The molecular weight excluding hydrogens is 402 g/mol. The zero-order valence-corrected chi connectivity index (χ0v) is 19.4. The third-order valence-corrected chi connectivity index (χ3v) is 6.19. The Hall–Kier alpha value is -2.45. The molecule has 1 fully saturated rings. The predicted octanol–water partition coefficient (Wildman–Crippen LogP) is 2.13. The molecule has 0 radical (unpaired) electrons. The molecule has 2 aliphatic rings. The maximum absolute atomic E-state index is 5.48. The second kappa shape index (κ2) is 12.0. The summed E-state index contributed by atoms with van der Waals surface area (Å²) in [6.07, 6.45) is 5.63. The van der Waals surface area contributed by atoms with E-state index in [9.17, 15) is 0 Å². The van der Waals surface area contributed by atoms with E-state index >= 15 is 0 Å². The van der Waals surface area contributed by atoms with E-state index in [0.29, 0.717) is 6.54 Å². The van der Waals surface area contributed by atoms with Gasteiger partial charge in [0.25, 0.3) is 0 Å². The summed E-state index contributed by atoms with van der Waals surface area (Å²) in [5.41, 5.74) is 2.62. The molecule has 174 valence electrons. The number of guanidine groups is 1. The molecule has 0 atom stereocenters. The van der Waals surface area contributed by atoms with Crippen LogP contribution in [0.3, 0.4) is 0 Å². The van der Waals surface area contributed by atoms with Crippen LogP contribution in [0.4, 0.5) is 0 Å². The Bertz CT molecular complexity index is 873. The van der Waals surface area contributed by atoms with Crippen molar-refractivity contribution in [2.75, 3.05) is 39.4 Å². The summed E-state index contributed by atoms with van der Waals surface area (Å²) < 4.78 is 7.80. The Morgan fingerprint density at radius 3 is 2.72 bits per heavy atom. The second-order valence-corrected chi connectivity index (χ2v) is 8.52. The smallest absolute Gasteiger partial charge is 0.191 e. The summed E-state index contributed by atoms with van der Waals surface area (Å²) in [6, 6.07) is 8.63. The van der Waals surface area contributed by atoms with Gasteiger partial charge in [0.1, 0.15) is 11.6 Å². The number of aliphatic imine (C=N–C) groups is 1. The number of morpholine rings is 1. The summed E-state index contributed by atoms with van der Waals surface area (Å²) in [6.45, 7) is 10.0. The van der Waals surface area contributed by atoms with Crippen molar-refractivity contribution in [1.29, 1.82) is 0 Å². The van der Waals surface area contributed by atoms with Crippen LogP contribution >= 0.6 is 0 Å². The number of aryl methyl sites for hydroxylation is 1. The number of aromatic nitrogens is 3. The Labute approximate surface area is 191 Å². The fourth-order valence-electron chi connectivity index (χ4n) is 4.40. The number of fused-ring (bicyclic) bond motifs is 1. The summed E-state index contributed by atoms with van der Waals surface area (Å²) in [5.74, 6) is 3.08. The first-order valence-corrected chi connectivity index (χ1v) is 12.1. The molecule has 1 saturated heterocycles. The zero-order valence-electron chi connectivity index (χ0n) is 19.4. The molecule has 0 spiro atoms. The van der Waals surface area contributed by atoms with Gasteiger partial charge in [0.2, 0.25) is 0 Å². The first kappa shape index (κ1) is 22.7. The highest BCUT2D eigenvalue weighted by atomic mass is 16.5. The van der Waals surface area contributed by atoms with Crippen molar-refractivity contribution in [1.82, 2.24) is 30.3 Å². The molecule has 8 nitrogen and oxygen atoms in total. The lowest BCUT2D eigenvalue weighted by molar-refractivity contribution is 0.0341. The van der Waals surface area contributed by atoms with Crippen LogP contribution in [0, 0.1) is 0 Å². The van der Waals surface area contributed by atoms with Crippen LogP contribution in [0.25, 0.3) is 0 Å². The Morgan fingerprint density at radius 2 is 1.88 bits per heavy atom. The molecule has 4 rings (SSSR count). The van der Waals surface area contributed by atoms with E-state index in [4.69, 9.17) is 9.73 Å². The lowest BCUT2D eigenvalue weighted by Crippen LogP contribution is -2.38. The molecule has 2 aromatic rings. The van der Waals surface area contributed by atoms with Crippen LogP contribution < -0.4 is 10.6 Å². The number of rotatable bonds is 8. The Kier molecular flexibility index (Phi) is 8.50. The summed E-state index contributed by atoms with van der Waals surface area (Å²) in [7, 11) is 0. The highest BCUT2D eigenvalue weighted by molar-refractivity contribution is 5.79. The topological polar surface area (TPSA) is 79.6 Å². The van der Waals surface area contributed by atoms with E-state index in [1.54, 1.807) is 0 Å². The van der Waals surface area contributed by atoms with Gasteiger partial charge in [-0.25, -0.2) is 4.99 Å². The normalized spacial score (nSPS) is 17.6. The second-order valence-electron chi connectivity index (χ2n) is 8.52. The highest BCUT2D eigenvalue weighted by Gasteiger charge is 2.15. The van der Waals surface area contributed by atoms with Gasteiger partial charge in [-0.2, -0.15) is 0 Å². The summed E-state index contributed by atoms with van der Waals surface area (Å²) in [4.78, 5) is 7.32. The van der Waals surface area contributed by atoms with E-state index in [2.05, 4.69) is 61.5 Å². The van der Waals surface area contributed by atoms with Crippen LogP contribution in [-0.4, -0.2) is 65.0 Å². The molecule has 3 heterocycles. The standard InChI is InChI=1S/C24H37N7O/c1-2-25-24(26-12-11-23-29-28-22-10-4-3-7-13-31(22)23)27-18-20-8-5-6-9-21(20)19-30-14-16-32-17-15-30/h5-6,8-9H,2-4,7,10-19H2,1H3,(H2,25,26,27). The maximum Gasteiger partial charge on any atom is 0.191 e. The fraction of sp³-hybridized carbons (Fsp3) is 0.625. The molecule has 0 amide bonds. The minimum absolute atomic E-state index is 0.663. The van der Waals surface area contributed by atoms with Gasteiger partial charge in [-0.15, -0.1) is 10.2 Å². The maximum atomic E-state index is 5.48. The minimum Gasteiger partial charge on any atom is -0.379 e. The Balaban J connectivity index is 1.34. The van der Waals surface area contributed by atoms with Gasteiger partial charge in [0.15, 0.2) is 5.96 Å². The first-order chi connectivity index (χ1) is 15.8. The average molecular weight is 440 g/mol. The van der Waals surface area contributed by atoms with Gasteiger partial charge >= 0.3 is 0 Å². The monoisotopic (exact) mass is 439 g/mol. The number of ether oxygens (including phenoxy) is 1.